The molecule has 1 aliphatic rings. The highest BCUT2D eigenvalue weighted by molar-refractivity contribution is 5.81. The molecule has 19 heavy (non-hydrogen) atoms. The van der Waals surface area contributed by atoms with Crippen molar-refractivity contribution in [3.05, 3.63) is 42.0 Å². The van der Waals surface area contributed by atoms with Gasteiger partial charge in [-0.25, -0.2) is 4.99 Å². The van der Waals surface area contributed by atoms with Crippen molar-refractivity contribution in [2.75, 3.05) is 6.61 Å². The molecule has 0 fully saturated rings. The molecule has 0 spiro atoms. The molecule has 102 valence electrons. The monoisotopic (exact) mass is 259 g/mol. The molecule has 0 aliphatic carbocycles. The largest absolute Gasteiger partial charge is 0.478 e. The Kier molecular flexibility index (Phi) is 4.05. The van der Waals surface area contributed by atoms with Gasteiger partial charge in [-0.1, -0.05) is 49.4 Å². The maximum absolute atomic E-state index is 10.2. The second-order valence-electron chi connectivity index (χ2n) is 5.60. The Morgan fingerprint density at radius 1 is 1.32 bits per heavy atom. The van der Waals surface area contributed by atoms with E-state index in [0.717, 1.165) is 5.56 Å². The Hall–Kier alpha value is -1.61. The van der Waals surface area contributed by atoms with E-state index in [9.17, 15) is 5.11 Å². The van der Waals surface area contributed by atoms with E-state index < -0.39 is 6.10 Å². The molecule has 0 radical (unpaired) electrons. The van der Waals surface area contributed by atoms with Gasteiger partial charge in [0.2, 0.25) is 0 Å². The average Bonchev–Trinajstić information content (AvgIpc) is 2.76. The van der Waals surface area contributed by atoms with Gasteiger partial charge >= 0.3 is 0 Å². The minimum Gasteiger partial charge on any atom is -0.478 e. The molecule has 0 amide bonds. The first-order valence-electron chi connectivity index (χ1n) is 6.62. The molecular formula is C16H21NO2. The molecule has 0 unspecified atom stereocenters. The number of hydrogen-bond donors (Lipinski definition) is 1. The Morgan fingerprint density at radius 3 is 2.58 bits per heavy atom. The van der Waals surface area contributed by atoms with E-state index in [0.29, 0.717) is 12.5 Å². The van der Waals surface area contributed by atoms with Crippen molar-refractivity contribution in [3.8, 4) is 0 Å². The van der Waals surface area contributed by atoms with Crippen LogP contribution in [0.2, 0.25) is 0 Å². The number of nitrogens with zero attached hydrogens (tertiary/aromatic N) is 1. The number of aliphatic imine (C=N–C) groups is 1. The first-order chi connectivity index (χ1) is 8.98. The lowest BCUT2D eigenvalue weighted by molar-refractivity contribution is 0.174. The van der Waals surface area contributed by atoms with E-state index in [4.69, 9.17) is 4.74 Å². The molecule has 0 saturated heterocycles. The summed E-state index contributed by atoms with van der Waals surface area (Å²) in [6.45, 7) is 6.57. The van der Waals surface area contributed by atoms with Crippen LogP contribution < -0.4 is 0 Å². The molecule has 1 heterocycles. The van der Waals surface area contributed by atoms with Crippen LogP contribution in [0.3, 0.4) is 0 Å². The third-order valence-electron chi connectivity index (χ3n) is 3.17. The number of aliphatic hydroxyl groups excluding tert-OH is 1. The lowest BCUT2D eigenvalue weighted by atomic mass is 10.0. The highest BCUT2D eigenvalue weighted by Gasteiger charge is 2.31. The Balaban J connectivity index is 2.01. The van der Waals surface area contributed by atoms with Crippen molar-refractivity contribution in [2.45, 2.75) is 32.4 Å². The summed E-state index contributed by atoms with van der Waals surface area (Å²) in [6, 6.07) is 9.92. The van der Waals surface area contributed by atoms with Gasteiger partial charge in [0.15, 0.2) is 5.90 Å². The normalized spacial score (nSPS) is 20.9. The number of hydrogen-bond acceptors (Lipinski definition) is 3. The predicted octanol–water partition coefficient (Wildman–Crippen LogP) is 2.90. The fraction of sp³-hybridized carbons (Fsp3) is 0.438. The van der Waals surface area contributed by atoms with Gasteiger partial charge < -0.3 is 9.84 Å². The van der Waals surface area contributed by atoms with Gasteiger partial charge in [0, 0.05) is 0 Å². The molecule has 0 bridgehead atoms. The fourth-order valence-corrected chi connectivity index (χ4v) is 1.93. The summed E-state index contributed by atoms with van der Waals surface area (Å²) in [5.41, 5.74) is 0.898. The summed E-state index contributed by atoms with van der Waals surface area (Å²) in [7, 11) is 0. The van der Waals surface area contributed by atoms with Crippen molar-refractivity contribution in [1.82, 2.24) is 0 Å². The van der Waals surface area contributed by atoms with Crippen LogP contribution in [0.1, 0.15) is 26.3 Å². The van der Waals surface area contributed by atoms with Gasteiger partial charge in [-0.05, 0) is 19.4 Å². The number of ether oxygens (including phenoxy) is 1. The van der Waals surface area contributed by atoms with Gasteiger partial charge in [-0.2, -0.15) is 0 Å². The third-order valence-corrected chi connectivity index (χ3v) is 3.17. The number of benzene rings is 1. The van der Waals surface area contributed by atoms with Crippen LogP contribution in [-0.2, 0) is 4.74 Å². The lowest BCUT2D eigenvalue weighted by Crippen LogP contribution is -2.24. The van der Waals surface area contributed by atoms with Crippen molar-refractivity contribution < 1.29 is 9.84 Å². The minimum absolute atomic E-state index is 0.123. The molecule has 3 nitrogen and oxygen atoms in total. The average molecular weight is 259 g/mol. The fourth-order valence-electron chi connectivity index (χ4n) is 1.93. The maximum Gasteiger partial charge on any atom is 0.189 e. The van der Waals surface area contributed by atoms with Gasteiger partial charge in [0.25, 0.3) is 0 Å². The molecule has 1 aromatic rings. The SMILES string of the molecule is C[C@H](C1=NC(C)(C)CO1)[C@H](O)/C=C/c1ccccc1. The van der Waals surface area contributed by atoms with Crippen LogP contribution in [-0.4, -0.2) is 29.3 Å². The van der Waals surface area contributed by atoms with Crippen LogP contribution in [0.4, 0.5) is 0 Å². The molecule has 0 aromatic heterocycles. The topological polar surface area (TPSA) is 41.8 Å². The highest BCUT2D eigenvalue weighted by atomic mass is 16.5. The Labute approximate surface area is 114 Å². The zero-order chi connectivity index (χ0) is 13.9. The van der Waals surface area contributed by atoms with Gasteiger partial charge in [0.05, 0.1) is 17.6 Å². The molecule has 0 saturated carbocycles. The molecule has 1 N–H and O–H groups in total. The third kappa shape index (κ3) is 3.67. The zero-order valence-electron chi connectivity index (χ0n) is 11.7. The maximum atomic E-state index is 10.2. The molecular weight excluding hydrogens is 238 g/mol. The summed E-state index contributed by atoms with van der Waals surface area (Å²) in [5, 5.41) is 10.2. The van der Waals surface area contributed by atoms with E-state index in [-0.39, 0.29) is 11.5 Å². The Morgan fingerprint density at radius 2 is 2.00 bits per heavy atom. The van der Waals surface area contributed by atoms with Crippen LogP contribution in [0.25, 0.3) is 6.08 Å². The molecule has 2 rings (SSSR count). The van der Waals surface area contributed by atoms with Crippen LogP contribution >= 0.6 is 0 Å². The summed E-state index contributed by atoms with van der Waals surface area (Å²) in [6.07, 6.45) is 3.12. The van der Waals surface area contributed by atoms with Gasteiger partial charge in [-0.3, -0.25) is 0 Å². The highest BCUT2D eigenvalue weighted by Crippen LogP contribution is 2.22. The summed E-state index contributed by atoms with van der Waals surface area (Å²) < 4.78 is 5.56. The lowest BCUT2D eigenvalue weighted by Gasteiger charge is -2.14. The van der Waals surface area contributed by atoms with E-state index in [1.807, 2.05) is 57.2 Å². The Bertz CT molecular complexity index is 477. The summed E-state index contributed by atoms with van der Waals surface area (Å²) >= 11 is 0. The summed E-state index contributed by atoms with van der Waals surface area (Å²) in [4.78, 5) is 4.50. The summed E-state index contributed by atoms with van der Waals surface area (Å²) in [5.74, 6) is 0.525. The van der Waals surface area contributed by atoms with Crippen molar-refractivity contribution >= 4 is 12.0 Å². The molecule has 1 aliphatic heterocycles. The van der Waals surface area contributed by atoms with Crippen molar-refractivity contribution in [3.63, 3.8) is 0 Å². The van der Waals surface area contributed by atoms with Crippen LogP contribution in [0, 0.1) is 5.92 Å². The molecule has 2 atom stereocenters. The van der Waals surface area contributed by atoms with Crippen molar-refractivity contribution in [1.29, 1.82) is 0 Å². The number of rotatable bonds is 4. The van der Waals surface area contributed by atoms with E-state index >= 15 is 0 Å². The second kappa shape index (κ2) is 5.57. The van der Waals surface area contributed by atoms with Crippen LogP contribution in [0.5, 0.6) is 0 Å². The first-order valence-corrected chi connectivity index (χ1v) is 6.62. The standard InChI is InChI=1S/C16H21NO2/c1-12(15-17-16(2,3)11-19-15)14(18)10-9-13-7-5-4-6-8-13/h4-10,12,14,18H,11H2,1-3H3/b10-9+/t12-,14+/m0/s1. The van der Waals surface area contributed by atoms with E-state index in [1.165, 1.54) is 0 Å². The minimum atomic E-state index is -0.590. The number of aliphatic hydroxyl groups is 1. The van der Waals surface area contributed by atoms with Crippen LogP contribution in [0.15, 0.2) is 41.4 Å². The van der Waals surface area contributed by atoms with Gasteiger partial charge in [0.1, 0.15) is 6.61 Å². The smallest absolute Gasteiger partial charge is 0.189 e. The first kappa shape index (κ1) is 13.8. The molecule has 1 aromatic carbocycles. The second-order valence-corrected chi connectivity index (χ2v) is 5.60. The zero-order valence-corrected chi connectivity index (χ0v) is 11.7. The van der Waals surface area contributed by atoms with Gasteiger partial charge in [-0.15, -0.1) is 0 Å². The molecule has 3 heteroatoms. The predicted molar refractivity (Wildman–Crippen MR) is 78.1 cm³/mol. The van der Waals surface area contributed by atoms with E-state index in [2.05, 4.69) is 4.99 Å². The quantitative estimate of drug-likeness (QED) is 0.903. The van der Waals surface area contributed by atoms with Crippen molar-refractivity contribution in [2.24, 2.45) is 10.9 Å². The van der Waals surface area contributed by atoms with E-state index in [1.54, 1.807) is 6.08 Å².